The number of rotatable bonds is 3. The Morgan fingerprint density at radius 2 is 2.12 bits per heavy atom. The van der Waals surface area contributed by atoms with Crippen LogP contribution in [0.15, 0.2) is 35.3 Å². The van der Waals surface area contributed by atoms with Gasteiger partial charge in [0.15, 0.2) is 17.9 Å². The summed E-state index contributed by atoms with van der Waals surface area (Å²) >= 11 is 5.80. The van der Waals surface area contributed by atoms with Gasteiger partial charge in [0.1, 0.15) is 12.2 Å². The highest BCUT2D eigenvalue weighted by Gasteiger charge is 2.42. The summed E-state index contributed by atoms with van der Waals surface area (Å²) in [5.41, 5.74) is -0.799. The Bertz CT molecular complexity index is 906. The number of hydrogen-bond donors (Lipinski definition) is 3. The highest BCUT2D eigenvalue weighted by molar-refractivity contribution is 6.31. The average molecular weight is 384 g/mol. The molecule has 10 heteroatoms. The van der Waals surface area contributed by atoms with Gasteiger partial charge in [0.05, 0.1) is 12.3 Å². The number of hydrogen-bond acceptors (Lipinski definition) is 6. The van der Waals surface area contributed by atoms with Crippen LogP contribution >= 0.6 is 11.6 Å². The molecule has 1 aliphatic heterocycles. The summed E-state index contributed by atoms with van der Waals surface area (Å²) in [5, 5.41) is 22.1. The Morgan fingerprint density at radius 3 is 2.73 bits per heavy atom. The number of carbonyl (C=O) groups excluding carboxylic acids is 1. The van der Waals surface area contributed by atoms with Crippen molar-refractivity contribution in [1.82, 2.24) is 9.55 Å². The molecule has 26 heavy (non-hydrogen) atoms. The Balaban J connectivity index is 1.86. The second-order valence-electron chi connectivity index (χ2n) is 5.80. The van der Waals surface area contributed by atoms with Crippen LogP contribution in [-0.2, 0) is 4.74 Å². The van der Waals surface area contributed by atoms with E-state index in [1.54, 1.807) is 12.1 Å². The molecule has 1 aliphatic rings. The fraction of sp³-hybridized carbons (Fsp3) is 0.312. The highest BCUT2D eigenvalue weighted by atomic mass is 35.5. The number of aliphatic hydroxyl groups is 2. The van der Waals surface area contributed by atoms with Gasteiger partial charge in [0.25, 0.3) is 5.91 Å². The normalized spacial score (nSPS) is 25.3. The first-order chi connectivity index (χ1) is 12.3. The molecular weight excluding hydrogens is 369 g/mol. The number of carbonyl (C=O) groups is 1. The molecule has 2 aromatic rings. The van der Waals surface area contributed by atoms with E-state index in [0.29, 0.717) is 5.02 Å². The van der Waals surface area contributed by atoms with Gasteiger partial charge in [-0.3, -0.25) is 9.36 Å². The number of halogens is 2. The summed E-state index contributed by atoms with van der Waals surface area (Å²) < 4.78 is 20.3. The Kier molecular flexibility index (Phi) is 5.05. The van der Waals surface area contributed by atoms with E-state index >= 15 is 0 Å². The van der Waals surface area contributed by atoms with Crippen molar-refractivity contribution in [2.75, 3.05) is 5.32 Å². The average Bonchev–Trinajstić information content (AvgIpc) is 2.85. The summed E-state index contributed by atoms with van der Waals surface area (Å²) in [4.78, 5) is 27.8. The second kappa shape index (κ2) is 7.12. The molecule has 138 valence electrons. The molecule has 0 spiro atoms. The van der Waals surface area contributed by atoms with Gasteiger partial charge in [-0.05, 0) is 25.1 Å². The molecule has 1 saturated heterocycles. The van der Waals surface area contributed by atoms with E-state index in [9.17, 15) is 24.2 Å². The van der Waals surface area contributed by atoms with E-state index in [-0.39, 0.29) is 5.56 Å². The van der Waals surface area contributed by atoms with Crippen LogP contribution in [0.3, 0.4) is 0 Å². The number of aliphatic hydroxyl groups excluding tert-OH is 2. The van der Waals surface area contributed by atoms with Crippen molar-refractivity contribution in [2.24, 2.45) is 0 Å². The first-order valence-electron chi connectivity index (χ1n) is 7.65. The lowest BCUT2D eigenvalue weighted by atomic mass is 10.1. The van der Waals surface area contributed by atoms with Gasteiger partial charge >= 0.3 is 5.69 Å². The second-order valence-corrected chi connectivity index (χ2v) is 6.24. The third-order valence-electron chi connectivity index (χ3n) is 3.98. The van der Waals surface area contributed by atoms with Crippen LogP contribution in [0.2, 0.25) is 5.02 Å². The van der Waals surface area contributed by atoms with E-state index in [1.165, 1.54) is 19.1 Å². The molecule has 1 aromatic heterocycles. The van der Waals surface area contributed by atoms with Crippen molar-refractivity contribution in [3.8, 4) is 0 Å². The molecule has 3 rings (SSSR count). The van der Waals surface area contributed by atoms with Crippen LogP contribution < -0.4 is 11.0 Å². The molecule has 0 radical (unpaired) electrons. The van der Waals surface area contributed by atoms with Gasteiger partial charge in [-0.25, -0.2) is 9.18 Å². The lowest BCUT2D eigenvalue weighted by Crippen LogP contribution is -2.36. The first kappa shape index (κ1) is 18.5. The van der Waals surface area contributed by atoms with Gasteiger partial charge in [-0.2, -0.15) is 4.98 Å². The van der Waals surface area contributed by atoms with Crippen LogP contribution in [0.4, 0.5) is 10.2 Å². The van der Waals surface area contributed by atoms with Crippen molar-refractivity contribution in [3.63, 3.8) is 0 Å². The number of ether oxygens (including phenoxy) is 1. The summed E-state index contributed by atoms with van der Waals surface area (Å²) in [6.07, 6.45) is -3.92. The Hall–Kier alpha value is -2.33. The third kappa shape index (κ3) is 3.47. The minimum atomic E-state index is -1.42. The smallest absolute Gasteiger partial charge is 0.351 e. The number of benzene rings is 1. The van der Waals surface area contributed by atoms with Crippen LogP contribution in [-0.4, -0.2) is 44.0 Å². The van der Waals surface area contributed by atoms with E-state index in [1.807, 2.05) is 0 Å². The van der Waals surface area contributed by atoms with Crippen LogP contribution in [0.25, 0.3) is 0 Å². The zero-order chi connectivity index (χ0) is 19.0. The highest BCUT2D eigenvalue weighted by Crippen LogP contribution is 2.28. The minimum Gasteiger partial charge on any atom is -0.388 e. The molecule has 8 nitrogen and oxygen atoms in total. The molecule has 1 fully saturated rings. The SMILES string of the molecule is C[C@H]1O[C@@H](n2cc(F)c(NC(=O)c3cccc(Cl)c3)nc2=O)[C@H](O)[C@@H]1O. The molecule has 1 amide bonds. The number of amides is 1. The maximum Gasteiger partial charge on any atom is 0.351 e. The van der Waals surface area contributed by atoms with Crippen LogP contribution in [0, 0.1) is 5.82 Å². The number of nitrogens with one attached hydrogen (secondary N) is 1. The van der Waals surface area contributed by atoms with Crippen molar-refractivity contribution in [1.29, 1.82) is 0 Å². The predicted octanol–water partition coefficient (Wildman–Crippen LogP) is 0.927. The summed E-state index contributed by atoms with van der Waals surface area (Å²) in [7, 11) is 0. The topological polar surface area (TPSA) is 114 Å². The van der Waals surface area contributed by atoms with Crippen molar-refractivity contribution < 1.29 is 24.1 Å². The molecular formula is C16H15ClFN3O5. The zero-order valence-electron chi connectivity index (χ0n) is 13.5. The monoisotopic (exact) mass is 383 g/mol. The summed E-state index contributed by atoms with van der Waals surface area (Å²) in [6.45, 7) is 1.50. The largest absolute Gasteiger partial charge is 0.388 e. The number of aromatic nitrogens is 2. The number of anilines is 1. The fourth-order valence-corrected chi connectivity index (χ4v) is 2.77. The molecule has 0 bridgehead atoms. The summed E-state index contributed by atoms with van der Waals surface area (Å²) in [6, 6.07) is 5.96. The van der Waals surface area contributed by atoms with Crippen molar-refractivity contribution >= 4 is 23.3 Å². The molecule has 0 aliphatic carbocycles. The maximum absolute atomic E-state index is 14.3. The number of nitrogens with zero attached hydrogens (tertiary/aromatic N) is 2. The van der Waals surface area contributed by atoms with Crippen molar-refractivity contribution in [3.05, 3.63) is 57.3 Å². The van der Waals surface area contributed by atoms with Gasteiger partial charge < -0.3 is 20.3 Å². The predicted molar refractivity (Wildman–Crippen MR) is 89.5 cm³/mol. The minimum absolute atomic E-state index is 0.161. The van der Waals surface area contributed by atoms with Crippen LogP contribution in [0.5, 0.6) is 0 Å². The van der Waals surface area contributed by atoms with Crippen LogP contribution in [0.1, 0.15) is 23.5 Å². The molecule has 1 aromatic carbocycles. The van der Waals surface area contributed by atoms with E-state index < -0.39 is 47.8 Å². The quantitative estimate of drug-likeness (QED) is 0.726. The maximum atomic E-state index is 14.3. The standard InChI is InChI=1S/C16H15ClFN3O5/c1-7-11(22)12(23)15(26-7)21-6-10(18)13(20-16(21)25)19-14(24)8-3-2-4-9(17)5-8/h2-7,11-12,15,22-23H,1H3,(H,19,20,24,25)/t7-,11-,12-,15-/m1/s1. The molecule has 4 atom stereocenters. The fourth-order valence-electron chi connectivity index (χ4n) is 2.58. The Labute approximate surface area is 151 Å². The molecule has 2 heterocycles. The van der Waals surface area contributed by atoms with Gasteiger partial charge in [0.2, 0.25) is 0 Å². The summed E-state index contributed by atoms with van der Waals surface area (Å²) in [5.74, 6) is -2.28. The lowest BCUT2D eigenvalue weighted by molar-refractivity contribution is -0.0355. The zero-order valence-corrected chi connectivity index (χ0v) is 14.2. The van der Waals surface area contributed by atoms with Gasteiger partial charge in [0, 0.05) is 10.6 Å². The first-order valence-corrected chi connectivity index (χ1v) is 8.03. The molecule has 0 unspecified atom stereocenters. The third-order valence-corrected chi connectivity index (χ3v) is 4.21. The molecule has 3 N–H and O–H groups in total. The van der Waals surface area contributed by atoms with Gasteiger partial charge in [-0.15, -0.1) is 0 Å². The lowest BCUT2D eigenvalue weighted by Gasteiger charge is -2.17. The Morgan fingerprint density at radius 1 is 1.38 bits per heavy atom. The molecule has 0 saturated carbocycles. The van der Waals surface area contributed by atoms with Gasteiger partial charge in [-0.1, -0.05) is 17.7 Å². The van der Waals surface area contributed by atoms with E-state index in [4.69, 9.17) is 16.3 Å². The van der Waals surface area contributed by atoms with E-state index in [0.717, 1.165) is 10.8 Å². The van der Waals surface area contributed by atoms with E-state index in [2.05, 4.69) is 10.3 Å². The van der Waals surface area contributed by atoms with Crippen molar-refractivity contribution in [2.45, 2.75) is 31.5 Å².